The molecule has 8 heteroatoms. The van der Waals surface area contributed by atoms with E-state index in [2.05, 4.69) is 31.9 Å². The fraction of sp³-hybridized carbons (Fsp3) is 0.120. The summed E-state index contributed by atoms with van der Waals surface area (Å²) in [4.78, 5) is 15.2. The van der Waals surface area contributed by atoms with E-state index in [-0.39, 0.29) is 5.91 Å². The molecule has 0 radical (unpaired) electrons. The SMILES string of the molecule is CCOc1cc(/C=C2/SC(=S)N(c3cccc(Br)c3)C2=O)cc(Br)c1OCc1ccccc1. The lowest BCUT2D eigenvalue weighted by molar-refractivity contribution is -0.113. The number of amides is 1. The average molecular weight is 605 g/mol. The van der Waals surface area contributed by atoms with Crippen LogP contribution in [0.15, 0.2) is 80.6 Å². The van der Waals surface area contributed by atoms with Gasteiger partial charge in [0.1, 0.15) is 6.61 Å². The fourth-order valence-corrected chi connectivity index (χ4v) is 5.52. The molecular weight excluding hydrogens is 586 g/mol. The van der Waals surface area contributed by atoms with Crippen LogP contribution in [0.3, 0.4) is 0 Å². The highest BCUT2D eigenvalue weighted by atomic mass is 79.9. The van der Waals surface area contributed by atoms with Crippen molar-refractivity contribution in [3.8, 4) is 11.5 Å². The van der Waals surface area contributed by atoms with E-state index in [1.165, 1.54) is 11.8 Å². The first-order valence-electron chi connectivity index (χ1n) is 10.1. The van der Waals surface area contributed by atoms with Crippen LogP contribution in [0, 0.1) is 0 Å². The van der Waals surface area contributed by atoms with Crippen LogP contribution >= 0.6 is 55.8 Å². The Morgan fingerprint density at radius 1 is 1.03 bits per heavy atom. The predicted octanol–water partition coefficient (Wildman–Crippen LogP) is 7.60. The highest BCUT2D eigenvalue weighted by molar-refractivity contribution is 9.10. The summed E-state index contributed by atoms with van der Waals surface area (Å²) >= 11 is 13.8. The van der Waals surface area contributed by atoms with Crippen molar-refractivity contribution < 1.29 is 14.3 Å². The Balaban J connectivity index is 1.61. The van der Waals surface area contributed by atoms with Gasteiger partial charge in [0, 0.05) is 4.47 Å². The lowest BCUT2D eigenvalue weighted by atomic mass is 10.1. The summed E-state index contributed by atoms with van der Waals surface area (Å²) in [6, 6.07) is 21.2. The maximum atomic E-state index is 13.1. The lowest BCUT2D eigenvalue weighted by Crippen LogP contribution is -2.27. The molecule has 33 heavy (non-hydrogen) atoms. The van der Waals surface area contributed by atoms with Gasteiger partial charge in [-0.15, -0.1) is 0 Å². The Bertz CT molecular complexity index is 1230. The Morgan fingerprint density at radius 2 is 1.82 bits per heavy atom. The molecule has 0 saturated carbocycles. The monoisotopic (exact) mass is 603 g/mol. The van der Waals surface area contributed by atoms with Crippen molar-refractivity contribution in [1.29, 1.82) is 0 Å². The third kappa shape index (κ3) is 5.69. The van der Waals surface area contributed by atoms with Crippen molar-refractivity contribution in [1.82, 2.24) is 0 Å². The van der Waals surface area contributed by atoms with Crippen LogP contribution in [0.1, 0.15) is 18.1 Å². The molecule has 0 spiro atoms. The van der Waals surface area contributed by atoms with E-state index in [9.17, 15) is 4.79 Å². The molecule has 0 aromatic heterocycles. The minimum Gasteiger partial charge on any atom is -0.490 e. The Kier molecular flexibility index (Phi) is 7.90. The van der Waals surface area contributed by atoms with Gasteiger partial charge in [-0.05, 0) is 70.4 Å². The summed E-state index contributed by atoms with van der Waals surface area (Å²) in [7, 11) is 0. The number of ether oxygens (including phenoxy) is 2. The van der Waals surface area contributed by atoms with Crippen LogP contribution in [0.25, 0.3) is 6.08 Å². The number of rotatable bonds is 7. The van der Waals surface area contributed by atoms with Crippen molar-refractivity contribution in [2.45, 2.75) is 13.5 Å². The van der Waals surface area contributed by atoms with Gasteiger partial charge in [-0.1, -0.05) is 76.3 Å². The number of hydrogen-bond donors (Lipinski definition) is 0. The molecule has 0 atom stereocenters. The molecule has 0 bridgehead atoms. The zero-order valence-electron chi connectivity index (χ0n) is 17.6. The number of carbonyl (C=O) groups excluding carboxylic acids is 1. The van der Waals surface area contributed by atoms with Gasteiger partial charge in [-0.2, -0.15) is 0 Å². The smallest absolute Gasteiger partial charge is 0.270 e. The number of nitrogens with zero attached hydrogens (tertiary/aromatic N) is 1. The minimum atomic E-state index is -0.151. The van der Waals surface area contributed by atoms with Gasteiger partial charge in [0.15, 0.2) is 15.8 Å². The molecular formula is C25H19Br2NO3S2. The zero-order chi connectivity index (χ0) is 23.4. The second-order valence-corrected chi connectivity index (χ2v) is 10.5. The molecule has 0 N–H and O–H groups in total. The van der Waals surface area contributed by atoms with Crippen LogP contribution in [0.5, 0.6) is 11.5 Å². The van der Waals surface area contributed by atoms with E-state index >= 15 is 0 Å². The maximum absolute atomic E-state index is 13.1. The Hall–Kier alpha value is -2.13. The second kappa shape index (κ2) is 10.9. The summed E-state index contributed by atoms with van der Waals surface area (Å²) in [5, 5.41) is 0. The lowest BCUT2D eigenvalue weighted by Gasteiger charge is -2.15. The van der Waals surface area contributed by atoms with Crippen molar-refractivity contribution in [3.63, 3.8) is 0 Å². The molecule has 1 aliphatic heterocycles. The molecule has 1 amide bonds. The summed E-state index contributed by atoms with van der Waals surface area (Å²) in [6.07, 6.45) is 1.82. The zero-order valence-corrected chi connectivity index (χ0v) is 22.4. The molecule has 1 saturated heterocycles. The van der Waals surface area contributed by atoms with Gasteiger partial charge in [0.05, 0.1) is 21.7 Å². The molecule has 168 valence electrons. The quantitative estimate of drug-likeness (QED) is 0.205. The molecule has 1 fully saturated rings. The number of thioether (sulfide) groups is 1. The largest absolute Gasteiger partial charge is 0.490 e. The number of benzene rings is 3. The summed E-state index contributed by atoms with van der Waals surface area (Å²) in [5.41, 5.74) is 2.61. The Labute approximate surface area is 219 Å². The van der Waals surface area contributed by atoms with Gasteiger partial charge in [-0.25, -0.2) is 0 Å². The normalized spacial score (nSPS) is 14.8. The predicted molar refractivity (Wildman–Crippen MR) is 146 cm³/mol. The molecule has 1 aliphatic rings. The van der Waals surface area contributed by atoms with Crippen LogP contribution in [0.2, 0.25) is 0 Å². The van der Waals surface area contributed by atoms with E-state index < -0.39 is 0 Å². The van der Waals surface area contributed by atoms with E-state index in [1.54, 1.807) is 4.90 Å². The van der Waals surface area contributed by atoms with E-state index in [4.69, 9.17) is 21.7 Å². The minimum absolute atomic E-state index is 0.151. The standard InChI is InChI=1S/C25H19Br2NO3S2/c1-2-30-21-12-17(11-20(27)23(21)31-15-16-7-4-3-5-8-16)13-22-24(29)28(25(32)33-22)19-10-6-9-18(26)14-19/h3-14H,2,15H2,1H3/b22-13+. The van der Waals surface area contributed by atoms with Crippen molar-refractivity contribution in [2.24, 2.45) is 0 Å². The summed E-state index contributed by atoms with van der Waals surface area (Å²) < 4.78 is 14.0. The number of anilines is 1. The molecule has 4 rings (SSSR count). The molecule has 3 aromatic carbocycles. The van der Waals surface area contributed by atoms with Crippen LogP contribution in [-0.4, -0.2) is 16.8 Å². The highest BCUT2D eigenvalue weighted by Gasteiger charge is 2.33. The van der Waals surface area contributed by atoms with Crippen molar-refractivity contribution >= 4 is 77.8 Å². The van der Waals surface area contributed by atoms with Crippen molar-refractivity contribution in [3.05, 3.63) is 91.7 Å². The summed E-state index contributed by atoms with van der Waals surface area (Å²) in [5.74, 6) is 1.08. The number of hydrogen-bond acceptors (Lipinski definition) is 5. The number of carbonyl (C=O) groups is 1. The van der Waals surface area contributed by atoms with Crippen LogP contribution in [0.4, 0.5) is 5.69 Å². The van der Waals surface area contributed by atoms with E-state index in [1.807, 2.05) is 79.7 Å². The molecule has 4 nitrogen and oxygen atoms in total. The first kappa shape index (κ1) is 24.0. The second-order valence-electron chi connectivity index (χ2n) is 7.03. The van der Waals surface area contributed by atoms with Gasteiger partial charge < -0.3 is 9.47 Å². The average Bonchev–Trinajstić information content (AvgIpc) is 3.07. The Morgan fingerprint density at radius 3 is 2.55 bits per heavy atom. The van der Waals surface area contributed by atoms with Gasteiger partial charge >= 0.3 is 0 Å². The molecule has 0 unspecified atom stereocenters. The number of halogens is 2. The first-order chi connectivity index (χ1) is 16.0. The maximum Gasteiger partial charge on any atom is 0.270 e. The number of thiocarbonyl (C=S) groups is 1. The van der Waals surface area contributed by atoms with Gasteiger partial charge in [0.2, 0.25) is 0 Å². The third-order valence-electron chi connectivity index (χ3n) is 4.72. The van der Waals surface area contributed by atoms with Crippen LogP contribution < -0.4 is 14.4 Å². The molecule has 1 heterocycles. The fourth-order valence-electron chi connectivity index (χ4n) is 3.26. The molecule has 0 aliphatic carbocycles. The molecule has 3 aromatic rings. The van der Waals surface area contributed by atoms with Gasteiger partial charge in [-0.3, -0.25) is 9.69 Å². The third-order valence-corrected chi connectivity index (χ3v) is 7.10. The van der Waals surface area contributed by atoms with Gasteiger partial charge in [0.25, 0.3) is 5.91 Å². The van der Waals surface area contributed by atoms with E-state index in [0.717, 1.165) is 25.8 Å². The summed E-state index contributed by atoms with van der Waals surface area (Å²) in [6.45, 7) is 2.83. The topological polar surface area (TPSA) is 38.8 Å². The van der Waals surface area contributed by atoms with Crippen LogP contribution in [-0.2, 0) is 11.4 Å². The first-order valence-corrected chi connectivity index (χ1v) is 12.9. The van der Waals surface area contributed by atoms with E-state index in [0.29, 0.717) is 33.9 Å². The highest BCUT2D eigenvalue weighted by Crippen LogP contribution is 2.40. The van der Waals surface area contributed by atoms with Crippen molar-refractivity contribution in [2.75, 3.05) is 11.5 Å².